The predicted molar refractivity (Wildman–Crippen MR) is 49.3 cm³/mol. The molecule has 1 N–H and O–H groups in total. The van der Waals surface area contributed by atoms with Gasteiger partial charge in [-0.25, -0.2) is 0 Å². The van der Waals surface area contributed by atoms with Gasteiger partial charge in [0.2, 0.25) is 0 Å². The lowest BCUT2D eigenvalue weighted by Crippen LogP contribution is -2.31. The highest BCUT2D eigenvalue weighted by Gasteiger charge is 2.22. The molecule has 1 fully saturated rings. The highest BCUT2D eigenvalue weighted by molar-refractivity contribution is 5.66. The van der Waals surface area contributed by atoms with E-state index >= 15 is 0 Å². The Morgan fingerprint density at radius 1 is 1.23 bits per heavy atom. The van der Waals surface area contributed by atoms with E-state index in [4.69, 9.17) is 4.74 Å². The van der Waals surface area contributed by atoms with Crippen molar-refractivity contribution in [1.82, 2.24) is 0 Å². The molecule has 13 heavy (non-hydrogen) atoms. The fourth-order valence-corrected chi connectivity index (χ4v) is 1.78. The summed E-state index contributed by atoms with van der Waals surface area (Å²) in [6.07, 6.45) is 5.31. The molecule has 0 aromatic carbocycles. The van der Waals surface area contributed by atoms with Crippen LogP contribution in [0.15, 0.2) is 0 Å². The van der Waals surface area contributed by atoms with Gasteiger partial charge in [-0.15, -0.1) is 0 Å². The Bertz CT molecular complexity index is 168. The molecule has 0 amide bonds. The average Bonchev–Trinajstić information content (AvgIpc) is 2.04. The normalized spacial score (nSPS) is 30.3. The zero-order valence-electron chi connectivity index (χ0n) is 8.16. The second-order valence-electron chi connectivity index (χ2n) is 3.71. The number of aliphatic hydroxyl groups is 1. The SMILES string of the molecule is CC(=O)O[C@H]1CCCCCC[C@H]1O. The number of carbonyl (C=O) groups is 1. The maximum Gasteiger partial charge on any atom is 0.302 e. The molecule has 0 radical (unpaired) electrons. The van der Waals surface area contributed by atoms with Gasteiger partial charge in [-0.05, 0) is 19.3 Å². The molecular formula is C10H18O3. The van der Waals surface area contributed by atoms with Crippen molar-refractivity contribution in [3.8, 4) is 0 Å². The molecule has 0 heterocycles. The van der Waals surface area contributed by atoms with E-state index in [1.807, 2.05) is 0 Å². The van der Waals surface area contributed by atoms with Gasteiger partial charge in [-0.1, -0.05) is 19.3 Å². The third-order valence-corrected chi connectivity index (χ3v) is 2.49. The molecule has 0 saturated heterocycles. The fourth-order valence-electron chi connectivity index (χ4n) is 1.78. The molecule has 0 aromatic rings. The van der Waals surface area contributed by atoms with Gasteiger partial charge < -0.3 is 9.84 Å². The zero-order chi connectivity index (χ0) is 9.68. The van der Waals surface area contributed by atoms with Gasteiger partial charge in [0.15, 0.2) is 0 Å². The molecule has 1 aliphatic rings. The van der Waals surface area contributed by atoms with Gasteiger partial charge in [0.25, 0.3) is 0 Å². The summed E-state index contributed by atoms with van der Waals surface area (Å²) in [5, 5.41) is 9.65. The summed E-state index contributed by atoms with van der Waals surface area (Å²) in [7, 11) is 0. The molecule has 0 bridgehead atoms. The minimum Gasteiger partial charge on any atom is -0.460 e. The second-order valence-corrected chi connectivity index (χ2v) is 3.71. The Morgan fingerprint density at radius 2 is 1.85 bits per heavy atom. The summed E-state index contributed by atoms with van der Waals surface area (Å²) < 4.78 is 5.05. The van der Waals surface area contributed by atoms with Crippen molar-refractivity contribution in [3.63, 3.8) is 0 Å². The smallest absolute Gasteiger partial charge is 0.302 e. The predicted octanol–water partition coefficient (Wildman–Crippen LogP) is 1.63. The third-order valence-electron chi connectivity index (χ3n) is 2.49. The monoisotopic (exact) mass is 186 g/mol. The van der Waals surface area contributed by atoms with Gasteiger partial charge in [0.05, 0.1) is 6.10 Å². The van der Waals surface area contributed by atoms with Crippen molar-refractivity contribution < 1.29 is 14.6 Å². The van der Waals surface area contributed by atoms with E-state index in [1.54, 1.807) is 0 Å². The van der Waals surface area contributed by atoms with Crippen molar-refractivity contribution in [2.75, 3.05) is 0 Å². The number of carbonyl (C=O) groups excluding carboxylic acids is 1. The number of aliphatic hydroxyl groups excluding tert-OH is 1. The molecule has 1 aliphatic carbocycles. The third kappa shape index (κ3) is 3.77. The van der Waals surface area contributed by atoms with Crippen LogP contribution in [0.3, 0.4) is 0 Å². The summed E-state index contributed by atoms with van der Waals surface area (Å²) in [6, 6.07) is 0. The van der Waals surface area contributed by atoms with Crippen LogP contribution in [-0.4, -0.2) is 23.3 Å². The number of hydrogen-bond donors (Lipinski definition) is 1. The molecule has 1 saturated carbocycles. The van der Waals surface area contributed by atoms with Gasteiger partial charge in [-0.2, -0.15) is 0 Å². The Kier molecular flexibility index (Phi) is 4.22. The Labute approximate surface area is 79.1 Å². The van der Waals surface area contributed by atoms with Crippen LogP contribution in [0.1, 0.15) is 45.4 Å². The second kappa shape index (κ2) is 5.22. The highest BCUT2D eigenvalue weighted by Crippen LogP contribution is 2.20. The van der Waals surface area contributed by atoms with Crippen LogP contribution in [-0.2, 0) is 9.53 Å². The lowest BCUT2D eigenvalue weighted by molar-refractivity contribution is -0.153. The number of ether oxygens (including phenoxy) is 1. The molecule has 0 unspecified atom stereocenters. The Balaban J connectivity index is 2.41. The highest BCUT2D eigenvalue weighted by atomic mass is 16.6. The Hall–Kier alpha value is -0.570. The van der Waals surface area contributed by atoms with Crippen LogP contribution >= 0.6 is 0 Å². The first-order chi connectivity index (χ1) is 6.20. The van der Waals surface area contributed by atoms with Crippen LogP contribution in [0.2, 0.25) is 0 Å². The quantitative estimate of drug-likeness (QED) is 0.633. The summed E-state index contributed by atoms with van der Waals surface area (Å²) >= 11 is 0. The van der Waals surface area contributed by atoms with Gasteiger partial charge in [0, 0.05) is 6.92 Å². The van der Waals surface area contributed by atoms with Gasteiger partial charge >= 0.3 is 5.97 Å². The first kappa shape index (κ1) is 10.5. The number of hydrogen-bond acceptors (Lipinski definition) is 3. The van der Waals surface area contributed by atoms with E-state index in [-0.39, 0.29) is 12.1 Å². The number of esters is 1. The molecule has 0 aromatic heterocycles. The van der Waals surface area contributed by atoms with Crippen molar-refractivity contribution in [2.24, 2.45) is 0 Å². The lowest BCUT2D eigenvalue weighted by Gasteiger charge is -2.24. The van der Waals surface area contributed by atoms with Crippen LogP contribution in [0.5, 0.6) is 0 Å². The molecule has 76 valence electrons. The van der Waals surface area contributed by atoms with Crippen molar-refractivity contribution in [3.05, 3.63) is 0 Å². The molecule has 3 nitrogen and oxygen atoms in total. The first-order valence-electron chi connectivity index (χ1n) is 5.05. The fraction of sp³-hybridized carbons (Fsp3) is 0.900. The van der Waals surface area contributed by atoms with Gasteiger partial charge in [0.1, 0.15) is 6.10 Å². The van der Waals surface area contributed by atoms with E-state index in [2.05, 4.69) is 0 Å². The largest absolute Gasteiger partial charge is 0.460 e. The zero-order valence-corrected chi connectivity index (χ0v) is 8.16. The lowest BCUT2D eigenvalue weighted by atomic mass is 9.96. The summed E-state index contributed by atoms with van der Waals surface area (Å²) in [5.41, 5.74) is 0. The summed E-state index contributed by atoms with van der Waals surface area (Å²) in [5.74, 6) is -0.287. The van der Waals surface area contributed by atoms with Crippen molar-refractivity contribution in [2.45, 2.75) is 57.7 Å². The van der Waals surface area contributed by atoms with Crippen LogP contribution in [0.25, 0.3) is 0 Å². The topological polar surface area (TPSA) is 46.5 Å². The molecule has 0 aliphatic heterocycles. The minimum atomic E-state index is -0.454. The Morgan fingerprint density at radius 3 is 2.46 bits per heavy atom. The van der Waals surface area contributed by atoms with E-state index < -0.39 is 6.10 Å². The summed E-state index contributed by atoms with van der Waals surface area (Å²) in [4.78, 5) is 10.7. The van der Waals surface area contributed by atoms with E-state index in [0.29, 0.717) is 0 Å². The minimum absolute atomic E-state index is 0.266. The molecule has 2 atom stereocenters. The average molecular weight is 186 g/mol. The molecule has 1 rings (SSSR count). The van der Waals surface area contributed by atoms with E-state index in [1.165, 1.54) is 19.8 Å². The van der Waals surface area contributed by atoms with Crippen LogP contribution in [0, 0.1) is 0 Å². The van der Waals surface area contributed by atoms with Crippen molar-refractivity contribution >= 4 is 5.97 Å². The van der Waals surface area contributed by atoms with Crippen LogP contribution < -0.4 is 0 Å². The standard InChI is InChI=1S/C10H18O3/c1-8(11)13-10-7-5-3-2-4-6-9(10)12/h9-10,12H,2-7H2,1H3/t9-,10+/m1/s1. The molecule has 3 heteroatoms. The maximum absolute atomic E-state index is 10.7. The maximum atomic E-state index is 10.7. The van der Waals surface area contributed by atoms with Crippen LogP contribution in [0.4, 0.5) is 0 Å². The van der Waals surface area contributed by atoms with Crippen molar-refractivity contribution in [1.29, 1.82) is 0 Å². The summed E-state index contributed by atoms with van der Waals surface area (Å²) in [6.45, 7) is 1.39. The molecule has 0 spiro atoms. The van der Waals surface area contributed by atoms with E-state index in [9.17, 15) is 9.90 Å². The van der Waals surface area contributed by atoms with Gasteiger partial charge in [-0.3, -0.25) is 4.79 Å². The van der Waals surface area contributed by atoms with E-state index in [0.717, 1.165) is 25.7 Å². The first-order valence-corrected chi connectivity index (χ1v) is 5.05. The number of rotatable bonds is 1. The molecular weight excluding hydrogens is 168 g/mol.